The van der Waals surface area contributed by atoms with Crippen molar-refractivity contribution in [2.75, 3.05) is 19.5 Å². The van der Waals surface area contributed by atoms with Crippen LogP contribution >= 0.6 is 11.3 Å². The maximum Gasteiger partial charge on any atom is 0.259 e. The van der Waals surface area contributed by atoms with Crippen LogP contribution in [0.4, 0.5) is 5.69 Å². The number of aryl methyl sites for hydroxylation is 1. The SMILES string of the molecule is COc1ccc(OC)c(C(=O)Nc2ccc(-c3csc(C)n3)cc2)c1. The lowest BCUT2D eigenvalue weighted by atomic mass is 10.1. The van der Waals surface area contributed by atoms with Crippen molar-refractivity contribution in [3.8, 4) is 22.8 Å². The molecule has 6 heteroatoms. The summed E-state index contributed by atoms with van der Waals surface area (Å²) < 4.78 is 10.4. The van der Waals surface area contributed by atoms with Crippen molar-refractivity contribution in [3.05, 3.63) is 58.4 Å². The standard InChI is InChI=1S/C19H18N2O3S/c1-12-20-17(11-25-12)13-4-6-14(7-5-13)21-19(22)16-10-15(23-2)8-9-18(16)24-3/h4-11H,1-3H3,(H,21,22). The van der Waals surface area contributed by atoms with Gasteiger partial charge in [-0.2, -0.15) is 0 Å². The predicted molar refractivity (Wildman–Crippen MR) is 99.8 cm³/mol. The lowest BCUT2D eigenvalue weighted by Gasteiger charge is -2.11. The number of hydrogen-bond acceptors (Lipinski definition) is 5. The number of methoxy groups -OCH3 is 2. The summed E-state index contributed by atoms with van der Waals surface area (Å²) in [4.78, 5) is 17.0. The van der Waals surface area contributed by atoms with E-state index in [9.17, 15) is 4.79 Å². The van der Waals surface area contributed by atoms with Gasteiger partial charge in [0.05, 0.1) is 30.5 Å². The first-order chi connectivity index (χ1) is 12.1. The third-order valence-corrected chi connectivity index (χ3v) is 4.48. The van der Waals surface area contributed by atoms with Gasteiger partial charge in [-0.25, -0.2) is 4.98 Å². The summed E-state index contributed by atoms with van der Waals surface area (Å²) in [6.45, 7) is 1.98. The molecule has 128 valence electrons. The summed E-state index contributed by atoms with van der Waals surface area (Å²) in [6.07, 6.45) is 0. The lowest BCUT2D eigenvalue weighted by Crippen LogP contribution is -2.13. The largest absolute Gasteiger partial charge is 0.497 e. The van der Waals surface area contributed by atoms with Crippen LogP contribution in [0.25, 0.3) is 11.3 Å². The summed E-state index contributed by atoms with van der Waals surface area (Å²) in [7, 11) is 3.09. The number of benzene rings is 2. The average molecular weight is 354 g/mol. The number of anilines is 1. The number of aromatic nitrogens is 1. The van der Waals surface area contributed by atoms with E-state index in [1.165, 1.54) is 7.11 Å². The maximum absolute atomic E-state index is 12.6. The van der Waals surface area contributed by atoms with E-state index in [1.807, 2.05) is 36.6 Å². The Bertz CT molecular complexity index is 888. The first-order valence-electron chi connectivity index (χ1n) is 7.66. The van der Waals surface area contributed by atoms with Gasteiger partial charge >= 0.3 is 0 Å². The Balaban J connectivity index is 1.79. The van der Waals surface area contributed by atoms with Crippen molar-refractivity contribution in [3.63, 3.8) is 0 Å². The van der Waals surface area contributed by atoms with Gasteiger partial charge in [0.2, 0.25) is 0 Å². The molecule has 0 saturated carbocycles. The molecule has 3 rings (SSSR count). The normalized spacial score (nSPS) is 10.4. The number of rotatable bonds is 5. The van der Waals surface area contributed by atoms with Crippen molar-refractivity contribution in [1.82, 2.24) is 4.98 Å². The van der Waals surface area contributed by atoms with Gasteiger partial charge in [-0.15, -0.1) is 11.3 Å². The Morgan fingerprint density at radius 3 is 2.44 bits per heavy atom. The fraction of sp³-hybridized carbons (Fsp3) is 0.158. The molecule has 0 aliphatic rings. The molecule has 2 aromatic carbocycles. The van der Waals surface area contributed by atoms with Crippen LogP contribution in [-0.4, -0.2) is 25.1 Å². The van der Waals surface area contributed by atoms with Crippen LogP contribution in [0, 0.1) is 6.92 Å². The van der Waals surface area contributed by atoms with Crippen LogP contribution in [0.2, 0.25) is 0 Å². The number of nitrogens with zero attached hydrogens (tertiary/aromatic N) is 1. The number of thiazole rings is 1. The number of amides is 1. The Kier molecular flexibility index (Phi) is 5.00. The third-order valence-electron chi connectivity index (χ3n) is 3.71. The van der Waals surface area contributed by atoms with E-state index in [1.54, 1.807) is 36.6 Å². The Morgan fingerprint density at radius 2 is 1.84 bits per heavy atom. The quantitative estimate of drug-likeness (QED) is 0.738. The molecule has 1 heterocycles. The van der Waals surface area contributed by atoms with Gasteiger partial charge in [-0.1, -0.05) is 12.1 Å². The van der Waals surface area contributed by atoms with Crippen molar-refractivity contribution < 1.29 is 14.3 Å². The highest BCUT2D eigenvalue weighted by molar-refractivity contribution is 7.09. The molecule has 3 aromatic rings. The van der Waals surface area contributed by atoms with Gasteiger partial charge in [-0.3, -0.25) is 4.79 Å². The second-order valence-electron chi connectivity index (χ2n) is 5.35. The van der Waals surface area contributed by atoms with Crippen LogP contribution in [0.1, 0.15) is 15.4 Å². The van der Waals surface area contributed by atoms with E-state index in [0.29, 0.717) is 22.7 Å². The van der Waals surface area contributed by atoms with Gasteiger partial charge in [0.1, 0.15) is 11.5 Å². The van der Waals surface area contributed by atoms with Gasteiger partial charge in [0.15, 0.2) is 0 Å². The van der Waals surface area contributed by atoms with Gasteiger partial charge in [0.25, 0.3) is 5.91 Å². The van der Waals surface area contributed by atoms with Crippen molar-refractivity contribution >= 4 is 22.9 Å². The number of carbonyl (C=O) groups excluding carboxylic acids is 1. The molecule has 1 amide bonds. The summed E-state index contributed by atoms with van der Waals surface area (Å²) in [5.74, 6) is 0.834. The molecular formula is C19H18N2O3S. The summed E-state index contributed by atoms with van der Waals surface area (Å²) >= 11 is 1.61. The highest BCUT2D eigenvalue weighted by Crippen LogP contribution is 2.26. The fourth-order valence-electron chi connectivity index (χ4n) is 2.41. The zero-order valence-corrected chi connectivity index (χ0v) is 15.0. The van der Waals surface area contributed by atoms with Crippen LogP contribution < -0.4 is 14.8 Å². The Hall–Kier alpha value is -2.86. The Morgan fingerprint density at radius 1 is 1.08 bits per heavy atom. The molecule has 0 bridgehead atoms. The summed E-state index contributed by atoms with van der Waals surface area (Å²) in [5.41, 5.74) is 3.07. The molecule has 0 atom stereocenters. The van der Waals surface area contributed by atoms with E-state index in [2.05, 4.69) is 10.3 Å². The van der Waals surface area contributed by atoms with Crippen molar-refractivity contribution in [1.29, 1.82) is 0 Å². The topological polar surface area (TPSA) is 60.5 Å². The zero-order chi connectivity index (χ0) is 17.8. The van der Waals surface area contributed by atoms with E-state index in [4.69, 9.17) is 9.47 Å². The van der Waals surface area contributed by atoms with Gasteiger partial charge in [-0.05, 0) is 37.3 Å². The number of hydrogen-bond donors (Lipinski definition) is 1. The van der Waals surface area contributed by atoms with Crippen LogP contribution in [-0.2, 0) is 0 Å². The second-order valence-corrected chi connectivity index (χ2v) is 6.41. The van der Waals surface area contributed by atoms with E-state index in [-0.39, 0.29) is 5.91 Å². The number of carbonyl (C=O) groups is 1. The van der Waals surface area contributed by atoms with Gasteiger partial charge < -0.3 is 14.8 Å². The predicted octanol–water partition coefficient (Wildman–Crippen LogP) is 4.39. The van der Waals surface area contributed by atoms with Crippen LogP contribution in [0.3, 0.4) is 0 Å². The molecule has 5 nitrogen and oxygen atoms in total. The molecule has 0 unspecified atom stereocenters. The maximum atomic E-state index is 12.6. The third kappa shape index (κ3) is 3.80. The van der Waals surface area contributed by atoms with Crippen LogP contribution in [0.5, 0.6) is 11.5 Å². The molecule has 0 fully saturated rings. The molecule has 0 saturated heterocycles. The molecule has 0 spiro atoms. The Labute approximate surface area is 150 Å². The van der Waals surface area contributed by atoms with E-state index < -0.39 is 0 Å². The van der Waals surface area contributed by atoms with E-state index >= 15 is 0 Å². The summed E-state index contributed by atoms with van der Waals surface area (Å²) in [5, 5.41) is 5.92. The lowest BCUT2D eigenvalue weighted by molar-refractivity contribution is 0.102. The number of ether oxygens (including phenoxy) is 2. The van der Waals surface area contributed by atoms with Gasteiger partial charge in [0, 0.05) is 16.6 Å². The second kappa shape index (κ2) is 7.36. The molecule has 25 heavy (non-hydrogen) atoms. The molecule has 0 radical (unpaired) electrons. The van der Waals surface area contributed by atoms with E-state index in [0.717, 1.165) is 16.3 Å². The monoisotopic (exact) mass is 354 g/mol. The minimum Gasteiger partial charge on any atom is -0.497 e. The molecular weight excluding hydrogens is 336 g/mol. The van der Waals surface area contributed by atoms with Crippen molar-refractivity contribution in [2.24, 2.45) is 0 Å². The molecule has 1 aromatic heterocycles. The molecule has 0 aliphatic carbocycles. The highest BCUT2D eigenvalue weighted by atomic mass is 32.1. The molecule has 1 N–H and O–H groups in total. The smallest absolute Gasteiger partial charge is 0.259 e. The highest BCUT2D eigenvalue weighted by Gasteiger charge is 2.14. The van der Waals surface area contributed by atoms with Crippen LogP contribution in [0.15, 0.2) is 47.8 Å². The first kappa shape index (κ1) is 17.0. The average Bonchev–Trinajstić information content (AvgIpc) is 3.08. The zero-order valence-electron chi connectivity index (χ0n) is 14.2. The van der Waals surface area contributed by atoms with Crippen molar-refractivity contribution in [2.45, 2.75) is 6.92 Å². The minimum atomic E-state index is -0.256. The molecule has 0 aliphatic heterocycles. The fourth-order valence-corrected chi connectivity index (χ4v) is 3.03. The number of nitrogens with one attached hydrogen (secondary N) is 1. The minimum absolute atomic E-state index is 0.256. The summed E-state index contributed by atoms with van der Waals surface area (Å²) in [6, 6.07) is 12.7. The first-order valence-corrected chi connectivity index (χ1v) is 8.54.